The van der Waals surface area contributed by atoms with Crippen LogP contribution in [0.15, 0.2) is 53.7 Å². The highest BCUT2D eigenvalue weighted by Crippen LogP contribution is 2.43. The monoisotopic (exact) mass is 431 g/mol. The Morgan fingerprint density at radius 3 is 2.88 bits per heavy atom. The first kappa shape index (κ1) is 18.6. The van der Waals surface area contributed by atoms with Crippen molar-refractivity contribution >= 4 is 17.4 Å². The van der Waals surface area contributed by atoms with Crippen LogP contribution in [0.1, 0.15) is 30.9 Å². The predicted octanol–water partition coefficient (Wildman–Crippen LogP) is 3.60. The topological polar surface area (TPSA) is 121 Å². The van der Waals surface area contributed by atoms with E-state index in [9.17, 15) is 14.9 Å². The maximum atomic E-state index is 13.0. The molecule has 0 saturated heterocycles. The number of hydrogen-bond donors (Lipinski definition) is 1. The summed E-state index contributed by atoms with van der Waals surface area (Å²) < 4.78 is 12.6. The molecule has 1 aromatic heterocycles. The Bertz CT molecular complexity index is 1330. The fourth-order valence-corrected chi connectivity index (χ4v) is 4.43. The fourth-order valence-electron chi connectivity index (χ4n) is 4.43. The lowest BCUT2D eigenvalue weighted by Gasteiger charge is -2.32. The molecule has 10 heteroatoms. The van der Waals surface area contributed by atoms with Gasteiger partial charge in [-0.2, -0.15) is 4.98 Å². The lowest BCUT2D eigenvalue weighted by atomic mass is 9.85. The van der Waals surface area contributed by atoms with E-state index in [2.05, 4.69) is 15.4 Å². The number of allylic oxidation sites excluding steroid dienone is 2. The average molecular weight is 431 g/mol. The molecule has 3 aromatic rings. The second-order valence-corrected chi connectivity index (χ2v) is 7.82. The highest BCUT2D eigenvalue weighted by molar-refractivity contribution is 5.99. The summed E-state index contributed by atoms with van der Waals surface area (Å²) in [5.74, 6) is 2.17. The van der Waals surface area contributed by atoms with Gasteiger partial charge in [-0.15, -0.1) is 5.10 Å². The molecular formula is C22H17N5O5. The smallest absolute Gasteiger partial charge is 0.270 e. The molecule has 0 radical (unpaired) electrons. The number of nitro groups is 1. The van der Waals surface area contributed by atoms with Crippen LogP contribution in [0.4, 0.5) is 11.6 Å². The minimum absolute atomic E-state index is 0.0388. The number of rotatable bonds is 3. The van der Waals surface area contributed by atoms with Gasteiger partial charge >= 0.3 is 0 Å². The molecule has 1 unspecified atom stereocenters. The van der Waals surface area contributed by atoms with Gasteiger partial charge in [-0.25, -0.2) is 4.68 Å². The second-order valence-electron chi connectivity index (χ2n) is 7.82. The quantitative estimate of drug-likeness (QED) is 0.493. The van der Waals surface area contributed by atoms with Crippen LogP contribution in [-0.4, -0.2) is 32.3 Å². The Balaban J connectivity index is 1.50. The number of carbonyl (C=O) groups is 1. The average Bonchev–Trinajstić information content (AvgIpc) is 3.44. The van der Waals surface area contributed by atoms with Gasteiger partial charge in [0.15, 0.2) is 23.1 Å². The molecule has 3 heterocycles. The number of nitrogens with one attached hydrogen (secondary N) is 1. The third-order valence-electron chi connectivity index (χ3n) is 5.90. The molecule has 10 nitrogen and oxygen atoms in total. The normalized spacial score (nSPS) is 18.8. The largest absolute Gasteiger partial charge is 0.454 e. The molecule has 6 rings (SSSR count). The van der Waals surface area contributed by atoms with Crippen LogP contribution in [0.25, 0.3) is 11.4 Å². The van der Waals surface area contributed by atoms with E-state index in [1.807, 2.05) is 18.2 Å². The summed E-state index contributed by atoms with van der Waals surface area (Å²) in [6, 6.07) is 11.3. The number of nitrogens with zero attached hydrogens (tertiary/aromatic N) is 4. The molecule has 1 aliphatic carbocycles. The SMILES string of the molecule is O=C1CCCC2=C1C(c1ccc3c(c1)OCO3)n1nc(-c3cccc([N+](=O)[O-])c3)nc1N2. The Labute approximate surface area is 181 Å². The molecule has 32 heavy (non-hydrogen) atoms. The summed E-state index contributed by atoms with van der Waals surface area (Å²) in [6.07, 6.45) is 1.98. The van der Waals surface area contributed by atoms with E-state index in [0.29, 0.717) is 40.8 Å². The molecule has 2 aromatic carbocycles. The summed E-state index contributed by atoms with van der Waals surface area (Å²) in [5.41, 5.74) is 2.82. The first-order valence-corrected chi connectivity index (χ1v) is 10.2. The lowest BCUT2D eigenvalue weighted by molar-refractivity contribution is -0.384. The van der Waals surface area contributed by atoms with Gasteiger partial charge in [-0.1, -0.05) is 18.2 Å². The summed E-state index contributed by atoms with van der Waals surface area (Å²) in [4.78, 5) is 28.3. The number of carbonyl (C=O) groups excluding carboxylic acids is 1. The molecule has 0 amide bonds. The first-order valence-electron chi connectivity index (χ1n) is 10.2. The van der Waals surface area contributed by atoms with Crippen molar-refractivity contribution in [2.24, 2.45) is 0 Å². The highest BCUT2D eigenvalue weighted by atomic mass is 16.7. The molecule has 2 aliphatic heterocycles. The van der Waals surface area contributed by atoms with Gasteiger partial charge in [-0.3, -0.25) is 14.9 Å². The number of non-ortho nitro benzene ring substituents is 1. The van der Waals surface area contributed by atoms with Crippen LogP contribution in [0.2, 0.25) is 0 Å². The van der Waals surface area contributed by atoms with Gasteiger partial charge in [0.2, 0.25) is 12.7 Å². The van der Waals surface area contributed by atoms with Crippen molar-refractivity contribution in [3.05, 3.63) is 69.4 Å². The fraction of sp³-hybridized carbons (Fsp3) is 0.227. The number of hydrogen-bond acceptors (Lipinski definition) is 8. The van der Waals surface area contributed by atoms with Crippen molar-refractivity contribution in [2.75, 3.05) is 12.1 Å². The van der Waals surface area contributed by atoms with Gasteiger partial charge < -0.3 is 14.8 Å². The van der Waals surface area contributed by atoms with Gasteiger partial charge in [0.25, 0.3) is 5.69 Å². The van der Waals surface area contributed by atoms with Gasteiger partial charge in [0.1, 0.15) is 6.04 Å². The van der Waals surface area contributed by atoms with Crippen molar-refractivity contribution in [3.8, 4) is 22.9 Å². The third-order valence-corrected chi connectivity index (χ3v) is 5.90. The molecule has 160 valence electrons. The molecule has 0 saturated carbocycles. The van der Waals surface area contributed by atoms with Crippen molar-refractivity contribution in [1.82, 2.24) is 14.8 Å². The highest BCUT2D eigenvalue weighted by Gasteiger charge is 2.37. The molecular weight excluding hydrogens is 414 g/mol. The Kier molecular flexibility index (Phi) is 4.00. The van der Waals surface area contributed by atoms with Crippen LogP contribution in [0, 0.1) is 10.1 Å². The number of nitro benzene ring substituents is 1. The van der Waals surface area contributed by atoms with Crippen LogP contribution < -0.4 is 14.8 Å². The zero-order valence-corrected chi connectivity index (χ0v) is 16.8. The standard InChI is InChI=1S/C22H17N5O5/c28-16-6-2-5-15-19(16)20(12-7-8-17-18(10-12)32-11-31-17)26-22(23-15)24-21(25-26)13-3-1-4-14(9-13)27(29)30/h1,3-4,7-10,20H,2,5-6,11H2,(H,23,24,25). The summed E-state index contributed by atoms with van der Waals surface area (Å²) in [7, 11) is 0. The second kappa shape index (κ2) is 6.91. The van der Waals surface area contributed by atoms with Crippen molar-refractivity contribution in [3.63, 3.8) is 0 Å². The van der Waals surface area contributed by atoms with E-state index >= 15 is 0 Å². The van der Waals surface area contributed by atoms with Crippen molar-refractivity contribution < 1.29 is 19.2 Å². The van der Waals surface area contributed by atoms with Crippen molar-refractivity contribution in [2.45, 2.75) is 25.3 Å². The third kappa shape index (κ3) is 2.83. The van der Waals surface area contributed by atoms with E-state index in [0.717, 1.165) is 24.1 Å². The first-order chi connectivity index (χ1) is 15.6. The maximum Gasteiger partial charge on any atom is 0.270 e. The van der Waals surface area contributed by atoms with E-state index in [-0.39, 0.29) is 18.3 Å². The van der Waals surface area contributed by atoms with E-state index < -0.39 is 11.0 Å². The van der Waals surface area contributed by atoms with Gasteiger partial charge in [-0.05, 0) is 30.5 Å². The van der Waals surface area contributed by atoms with E-state index in [4.69, 9.17) is 9.47 Å². The Hall–Kier alpha value is -4.21. The molecule has 0 bridgehead atoms. The summed E-state index contributed by atoms with van der Waals surface area (Å²) in [6.45, 7) is 0.156. The molecule has 0 spiro atoms. The number of benzene rings is 2. The molecule has 1 atom stereocenters. The molecule has 3 aliphatic rings. The van der Waals surface area contributed by atoms with E-state index in [1.54, 1.807) is 16.8 Å². The molecule has 0 fully saturated rings. The maximum absolute atomic E-state index is 13.0. The van der Waals surface area contributed by atoms with Gasteiger partial charge in [0, 0.05) is 35.4 Å². The number of Topliss-reactive ketones (excluding diaryl/α,β-unsaturated/α-hetero) is 1. The predicted molar refractivity (Wildman–Crippen MR) is 112 cm³/mol. The number of ether oxygens (including phenoxy) is 2. The number of fused-ring (bicyclic) bond motifs is 2. The van der Waals surface area contributed by atoms with Crippen LogP contribution >= 0.6 is 0 Å². The van der Waals surface area contributed by atoms with Gasteiger partial charge in [0.05, 0.1) is 4.92 Å². The number of aromatic nitrogens is 3. The summed E-state index contributed by atoms with van der Waals surface area (Å²) >= 11 is 0. The van der Waals surface area contributed by atoms with E-state index in [1.165, 1.54) is 12.1 Å². The minimum Gasteiger partial charge on any atom is -0.454 e. The number of anilines is 1. The van der Waals surface area contributed by atoms with Crippen molar-refractivity contribution in [1.29, 1.82) is 0 Å². The molecule has 1 N–H and O–H groups in total. The lowest BCUT2D eigenvalue weighted by Crippen LogP contribution is -2.31. The van der Waals surface area contributed by atoms with Crippen LogP contribution in [0.5, 0.6) is 11.5 Å². The number of ketones is 1. The minimum atomic E-state index is -0.483. The Morgan fingerprint density at radius 1 is 1.12 bits per heavy atom. The summed E-state index contributed by atoms with van der Waals surface area (Å²) in [5, 5.41) is 19.1. The van der Waals surface area contributed by atoms with Crippen LogP contribution in [0.3, 0.4) is 0 Å². The zero-order valence-electron chi connectivity index (χ0n) is 16.8. The van der Waals surface area contributed by atoms with Crippen LogP contribution in [-0.2, 0) is 4.79 Å². The zero-order chi connectivity index (χ0) is 21.8. The Morgan fingerprint density at radius 2 is 2.00 bits per heavy atom.